The third kappa shape index (κ3) is 5.27. The predicted octanol–water partition coefficient (Wildman–Crippen LogP) is 3.19. The molecule has 3 atom stereocenters. The number of hydrogen-bond donors (Lipinski definition) is 3. The molecule has 1 aromatic carbocycles. The fourth-order valence-electron chi connectivity index (χ4n) is 5.27. The molecule has 0 spiro atoms. The number of likely N-dealkylation sites (N-methyl/N-ethyl adjacent to an activating group) is 1. The van der Waals surface area contributed by atoms with E-state index in [9.17, 15) is 14.4 Å². The lowest BCUT2D eigenvalue weighted by atomic mass is 9.81. The first-order valence-corrected chi connectivity index (χ1v) is 13.8. The van der Waals surface area contributed by atoms with Crippen LogP contribution in [0.15, 0.2) is 18.2 Å². The monoisotopic (exact) mass is 560 g/mol. The normalized spacial score (nSPS) is 21.7. The fraction of sp³-hybridized carbons (Fsp3) is 0.462. The van der Waals surface area contributed by atoms with Gasteiger partial charge in [0.1, 0.15) is 5.69 Å². The van der Waals surface area contributed by atoms with Gasteiger partial charge in [-0.05, 0) is 44.5 Å². The third-order valence-corrected chi connectivity index (χ3v) is 8.63. The van der Waals surface area contributed by atoms with Crippen molar-refractivity contribution in [2.75, 3.05) is 27.7 Å². The molecule has 1 aliphatic heterocycles. The minimum Gasteiger partial charge on any atom is -0.349 e. The number of benzene rings is 1. The lowest BCUT2D eigenvalue weighted by Gasteiger charge is -2.37. The Morgan fingerprint density at radius 2 is 1.95 bits per heavy atom. The number of H-pyrrole nitrogens is 1. The maximum Gasteiger partial charge on any atom is 0.280 e. The lowest BCUT2D eigenvalue weighted by Crippen LogP contribution is -2.56. The molecule has 0 bridgehead atoms. The molecule has 202 valence electrons. The van der Waals surface area contributed by atoms with Gasteiger partial charge in [0.15, 0.2) is 10.8 Å². The molecule has 12 heteroatoms. The highest BCUT2D eigenvalue weighted by Crippen LogP contribution is 2.29. The van der Waals surface area contributed by atoms with Gasteiger partial charge in [0, 0.05) is 66.4 Å². The van der Waals surface area contributed by atoms with Gasteiger partial charge in [-0.15, -0.1) is 11.3 Å². The number of fused-ring (bicyclic) bond motifs is 2. The van der Waals surface area contributed by atoms with Crippen LogP contribution in [0, 0.1) is 11.7 Å². The number of carbonyl (C=O) groups is 3. The Balaban J connectivity index is 1.36. The highest BCUT2D eigenvalue weighted by molar-refractivity contribution is 7.13. The van der Waals surface area contributed by atoms with Gasteiger partial charge in [-0.25, -0.2) is 9.37 Å². The van der Waals surface area contributed by atoms with Gasteiger partial charge in [-0.2, -0.15) is 0 Å². The molecule has 3 N–H and O–H groups in total. The smallest absolute Gasteiger partial charge is 0.280 e. The second kappa shape index (κ2) is 10.6. The van der Waals surface area contributed by atoms with Gasteiger partial charge in [-0.3, -0.25) is 14.4 Å². The molecular formula is C26H30ClFN6O3S. The quantitative estimate of drug-likeness (QED) is 0.444. The molecule has 2 aliphatic rings. The van der Waals surface area contributed by atoms with Crippen LogP contribution in [-0.4, -0.2) is 77.3 Å². The van der Waals surface area contributed by atoms with Crippen LogP contribution < -0.4 is 10.6 Å². The number of amides is 3. The average Bonchev–Trinajstić information content (AvgIpc) is 3.45. The maximum atomic E-state index is 15.1. The average molecular weight is 561 g/mol. The number of hydrogen-bond acceptors (Lipinski definition) is 6. The zero-order valence-corrected chi connectivity index (χ0v) is 23.0. The van der Waals surface area contributed by atoms with E-state index in [0.29, 0.717) is 34.8 Å². The first-order chi connectivity index (χ1) is 18.1. The second-order valence-electron chi connectivity index (χ2n) is 10.3. The van der Waals surface area contributed by atoms with Crippen molar-refractivity contribution >= 4 is 51.6 Å². The van der Waals surface area contributed by atoms with E-state index in [4.69, 9.17) is 11.6 Å². The van der Waals surface area contributed by atoms with E-state index < -0.39 is 23.8 Å². The molecule has 2 aromatic heterocycles. The number of nitrogens with one attached hydrogen (secondary N) is 3. The lowest BCUT2D eigenvalue weighted by molar-refractivity contribution is -0.134. The van der Waals surface area contributed by atoms with Crippen LogP contribution >= 0.6 is 22.9 Å². The summed E-state index contributed by atoms with van der Waals surface area (Å²) in [5.74, 6) is -1.96. The number of rotatable bonds is 5. The van der Waals surface area contributed by atoms with Crippen molar-refractivity contribution < 1.29 is 18.8 Å². The molecule has 9 nitrogen and oxygen atoms in total. The highest BCUT2D eigenvalue weighted by Gasteiger charge is 2.37. The molecule has 0 saturated heterocycles. The molecule has 38 heavy (non-hydrogen) atoms. The van der Waals surface area contributed by atoms with E-state index in [1.807, 2.05) is 7.05 Å². The minimum absolute atomic E-state index is 0.0275. The number of aromatic nitrogens is 2. The second-order valence-corrected chi connectivity index (χ2v) is 11.8. The Kier molecular flexibility index (Phi) is 7.43. The highest BCUT2D eigenvalue weighted by atomic mass is 35.5. The molecular weight excluding hydrogens is 531 g/mol. The molecule has 0 radical (unpaired) electrons. The van der Waals surface area contributed by atoms with Gasteiger partial charge in [-0.1, -0.05) is 11.6 Å². The molecule has 3 heterocycles. The number of nitrogens with zero attached hydrogens (tertiary/aromatic N) is 3. The van der Waals surface area contributed by atoms with Crippen LogP contribution in [0.25, 0.3) is 10.9 Å². The molecule has 1 saturated carbocycles. The SMILES string of the molecule is CN1CCc2nc(C(=O)N[C@@H]3C[C@@H](C(=O)N(C)C)CC[C@@H]3NC(=O)c3[nH]c4ccc(Cl)cc4c3F)sc2C1. The summed E-state index contributed by atoms with van der Waals surface area (Å²) < 4.78 is 15.1. The van der Waals surface area contributed by atoms with Crippen molar-refractivity contribution in [3.8, 4) is 0 Å². The summed E-state index contributed by atoms with van der Waals surface area (Å²) in [6.07, 6.45) is 2.13. The summed E-state index contributed by atoms with van der Waals surface area (Å²) in [5, 5.41) is 6.88. The van der Waals surface area contributed by atoms with Crippen LogP contribution in [0.4, 0.5) is 4.39 Å². The fourth-order valence-corrected chi connectivity index (χ4v) is 6.53. The molecule has 1 fully saturated rings. The summed E-state index contributed by atoms with van der Waals surface area (Å²) in [6, 6.07) is 3.67. The van der Waals surface area contributed by atoms with Crippen molar-refractivity contribution in [3.63, 3.8) is 0 Å². The van der Waals surface area contributed by atoms with Crippen LogP contribution in [0.5, 0.6) is 0 Å². The van der Waals surface area contributed by atoms with E-state index in [0.717, 1.165) is 30.1 Å². The van der Waals surface area contributed by atoms with Crippen LogP contribution in [0.3, 0.4) is 0 Å². The van der Waals surface area contributed by atoms with E-state index in [1.54, 1.807) is 31.1 Å². The zero-order chi connectivity index (χ0) is 27.1. The first kappa shape index (κ1) is 26.6. The maximum absolute atomic E-state index is 15.1. The Hall–Kier alpha value is -3.02. The van der Waals surface area contributed by atoms with E-state index in [2.05, 4.69) is 25.5 Å². The Morgan fingerprint density at radius 3 is 2.71 bits per heavy atom. The number of halogens is 2. The van der Waals surface area contributed by atoms with E-state index in [1.165, 1.54) is 17.4 Å². The topological polar surface area (TPSA) is 110 Å². The van der Waals surface area contributed by atoms with Crippen molar-refractivity contribution in [1.82, 2.24) is 30.4 Å². The number of aromatic amines is 1. The van der Waals surface area contributed by atoms with Crippen molar-refractivity contribution in [1.29, 1.82) is 0 Å². The zero-order valence-electron chi connectivity index (χ0n) is 21.4. The third-order valence-electron chi connectivity index (χ3n) is 7.31. The molecule has 1 aliphatic carbocycles. The summed E-state index contributed by atoms with van der Waals surface area (Å²) in [7, 11) is 5.43. The number of carbonyl (C=O) groups excluding carboxylic acids is 3. The van der Waals surface area contributed by atoms with Crippen LogP contribution in [0.2, 0.25) is 5.02 Å². The van der Waals surface area contributed by atoms with Gasteiger partial charge in [0.2, 0.25) is 5.91 Å². The van der Waals surface area contributed by atoms with Crippen LogP contribution in [0.1, 0.15) is 50.1 Å². The van der Waals surface area contributed by atoms with Gasteiger partial charge >= 0.3 is 0 Å². The van der Waals surface area contributed by atoms with E-state index in [-0.39, 0.29) is 28.8 Å². The van der Waals surface area contributed by atoms with Gasteiger partial charge < -0.3 is 25.4 Å². The van der Waals surface area contributed by atoms with Crippen molar-refractivity contribution in [2.45, 2.75) is 44.3 Å². The summed E-state index contributed by atoms with van der Waals surface area (Å²) in [6.45, 7) is 1.64. The first-order valence-electron chi connectivity index (χ1n) is 12.6. The van der Waals surface area contributed by atoms with Gasteiger partial charge in [0.25, 0.3) is 11.8 Å². The van der Waals surface area contributed by atoms with Crippen LogP contribution in [-0.2, 0) is 17.8 Å². The predicted molar refractivity (Wildman–Crippen MR) is 144 cm³/mol. The molecule has 5 rings (SSSR count). The molecule has 0 unspecified atom stereocenters. The van der Waals surface area contributed by atoms with E-state index >= 15 is 4.39 Å². The molecule has 3 aromatic rings. The van der Waals surface area contributed by atoms with Crippen molar-refractivity contribution in [2.24, 2.45) is 5.92 Å². The Labute approximate surface area is 228 Å². The Bertz CT molecular complexity index is 1410. The van der Waals surface area contributed by atoms with Gasteiger partial charge in [0.05, 0.1) is 11.7 Å². The summed E-state index contributed by atoms with van der Waals surface area (Å²) in [5.41, 5.74) is 1.21. The van der Waals surface area contributed by atoms with Crippen molar-refractivity contribution in [3.05, 3.63) is 50.3 Å². The Morgan fingerprint density at radius 1 is 1.18 bits per heavy atom. The summed E-state index contributed by atoms with van der Waals surface area (Å²) in [4.78, 5) is 51.3. The minimum atomic E-state index is -0.685. The largest absolute Gasteiger partial charge is 0.349 e. The summed E-state index contributed by atoms with van der Waals surface area (Å²) >= 11 is 7.37. The molecule has 3 amide bonds. The standard InChI is InChI=1S/C26H30ClFN6O3S/c1-33(2)26(37)13-4-6-17(30-23(35)22-21(28)15-11-14(27)5-7-16(15)29-22)19(10-13)31-24(36)25-32-18-8-9-34(3)12-20(18)38-25/h5,7,11,13,17,19,29H,4,6,8-10,12H2,1-3H3,(H,30,35)(H,31,36)/t13-,17-,19+/m0/s1. The number of thiazole rings is 1.